The van der Waals surface area contributed by atoms with E-state index < -0.39 is 53.7 Å². The van der Waals surface area contributed by atoms with Crippen LogP contribution in [0.2, 0.25) is 0 Å². The molecule has 1 fully saturated rings. The number of hydrogen-bond acceptors (Lipinski definition) is 9. The number of aliphatic hydroxyl groups excluding tert-OH is 1. The molecule has 0 saturated heterocycles. The van der Waals surface area contributed by atoms with Gasteiger partial charge in [-0.05, 0) is 69.4 Å². The van der Waals surface area contributed by atoms with Gasteiger partial charge in [0.25, 0.3) is 0 Å². The highest BCUT2D eigenvalue weighted by Crippen LogP contribution is 2.29. The predicted molar refractivity (Wildman–Crippen MR) is 208 cm³/mol. The molecule has 0 bridgehead atoms. The lowest BCUT2D eigenvalue weighted by Crippen LogP contribution is -2.58. The molecular formula is C41H59N7O7. The summed E-state index contributed by atoms with van der Waals surface area (Å²) in [5.41, 5.74) is 1.29. The summed E-state index contributed by atoms with van der Waals surface area (Å²) in [6.45, 7) is 7.22. The molecule has 2 aromatic heterocycles. The Morgan fingerprint density at radius 1 is 1.00 bits per heavy atom. The molecule has 1 saturated carbocycles. The van der Waals surface area contributed by atoms with Gasteiger partial charge in [-0.3, -0.25) is 19.4 Å². The summed E-state index contributed by atoms with van der Waals surface area (Å²) >= 11 is 0. The first kappa shape index (κ1) is 42.8. The summed E-state index contributed by atoms with van der Waals surface area (Å²) in [4.78, 5) is 67.7. The van der Waals surface area contributed by atoms with E-state index in [0.717, 1.165) is 43.4 Å². The molecule has 14 nitrogen and oxygen atoms in total. The molecule has 2 heterocycles. The van der Waals surface area contributed by atoms with Gasteiger partial charge in [0.05, 0.1) is 37.8 Å². The number of aromatic amines is 1. The lowest BCUT2D eigenvalue weighted by molar-refractivity contribution is -0.141. The number of hydrogen-bond donors (Lipinski definition) is 5. The maximum absolute atomic E-state index is 14.4. The fourth-order valence-electron chi connectivity index (χ4n) is 6.92. The van der Waals surface area contributed by atoms with Crippen LogP contribution >= 0.6 is 0 Å². The third-order valence-corrected chi connectivity index (χ3v) is 9.99. The van der Waals surface area contributed by atoms with Crippen LogP contribution in [0.5, 0.6) is 5.75 Å². The van der Waals surface area contributed by atoms with Gasteiger partial charge in [0.15, 0.2) is 0 Å². The van der Waals surface area contributed by atoms with E-state index >= 15 is 0 Å². The molecule has 0 spiro atoms. The van der Waals surface area contributed by atoms with Crippen LogP contribution in [0.3, 0.4) is 0 Å². The lowest BCUT2D eigenvalue weighted by Gasteiger charge is -2.35. The van der Waals surface area contributed by atoms with Crippen LogP contribution in [0.15, 0.2) is 61.2 Å². The minimum Gasteiger partial charge on any atom is -0.497 e. The minimum absolute atomic E-state index is 0.0916. The van der Waals surface area contributed by atoms with Crippen molar-refractivity contribution < 1.29 is 33.8 Å². The average Bonchev–Trinajstić information content (AvgIpc) is 3.68. The maximum atomic E-state index is 14.4. The van der Waals surface area contributed by atoms with E-state index in [1.54, 1.807) is 65.4 Å². The van der Waals surface area contributed by atoms with Gasteiger partial charge in [-0.2, -0.15) is 0 Å². The number of methoxy groups -OCH3 is 1. The number of likely N-dealkylation sites (N-methyl/N-ethyl adjacent to an activating group) is 1. The van der Waals surface area contributed by atoms with E-state index in [4.69, 9.17) is 9.47 Å². The summed E-state index contributed by atoms with van der Waals surface area (Å²) in [6, 6.07) is 9.82. The normalized spacial score (nSPS) is 16.1. The van der Waals surface area contributed by atoms with Crippen LogP contribution in [-0.2, 0) is 38.5 Å². The number of ether oxygens (including phenoxy) is 2. The summed E-state index contributed by atoms with van der Waals surface area (Å²) in [6.07, 6.45) is 9.09. The maximum Gasteiger partial charge on any atom is 0.408 e. The lowest BCUT2D eigenvalue weighted by atomic mass is 9.82. The van der Waals surface area contributed by atoms with Crippen LogP contribution < -0.4 is 20.7 Å². The van der Waals surface area contributed by atoms with E-state index in [2.05, 4.69) is 30.9 Å². The molecule has 14 heteroatoms. The van der Waals surface area contributed by atoms with Crippen molar-refractivity contribution in [1.29, 1.82) is 0 Å². The standard InChI is InChI=1S/C41H59N7O7/c1-27(37(50)44-25-30-14-10-11-19-43-30)20-36(49)33(21-28-12-8-7-9-13-28)46-38(51)35(23-31-24-42-26-45-31)48(5)39(52)34(47-40(53)55-41(2,3)4)22-29-15-17-32(54-6)18-16-29/h10-11,14-19,24,26-28,33-36,49H,7-9,12-13,20-23,25H2,1-6H3,(H,42,45)(H,44,50)(H,46,51)(H,47,53)/t27-,33+,34+,35+,36+/m1/s1. The van der Waals surface area contributed by atoms with Crippen LogP contribution in [0.25, 0.3) is 0 Å². The van der Waals surface area contributed by atoms with Gasteiger partial charge in [-0.25, -0.2) is 9.78 Å². The Kier molecular flexibility index (Phi) is 16.0. The number of benzene rings is 1. The van der Waals surface area contributed by atoms with Crippen molar-refractivity contribution in [2.24, 2.45) is 11.8 Å². The minimum atomic E-state index is -1.08. The van der Waals surface area contributed by atoms with Crippen molar-refractivity contribution in [3.63, 3.8) is 0 Å². The van der Waals surface area contributed by atoms with E-state index in [0.29, 0.717) is 23.8 Å². The monoisotopic (exact) mass is 761 g/mol. The molecule has 1 aromatic carbocycles. The Hall–Kier alpha value is -4.98. The summed E-state index contributed by atoms with van der Waals surface area (Å²) in [7, 11) is 3.09. The number of H-pyrrole nitrogens is 1. The number of carbonyl (C=O) groups excluding carboxylic acids is 4. The number of pyridine rings is 1. The number of aliphatic hydroxyl groups is 1. The molecule has 0 unspecified atom stereocenters. The Labute approximate surface area is 324 Å². The van der Waals surface area contributed by atoms with E-state index in [1.807, 2.05) is 24.3 Å². The van der Waals surface area contributed by atoms with Gasteiger partial charge in [0, 0.05) is 43.9 Å². The fraction of sp³-hybridized carbons (Fsp3) is 0.561. The van der Waals surface area contributed by atoms with E-state index in [-0.39, 0.29) is 31.7 Å². The van der Waals surface area contributed by atoms with Gasteiger partial charge < -0.3 is 40.4 Å². The first-order chi connectivity index (χ1) is 26.2. The van der Waals surface area contributed by atoms with Crippen molar-refractivity contribution in [3.05, 3.63) is 78.1 Å². The first-order valence-corrected chi connectivity index (χ1v) is 19.2. The number of carbonyl (C=O) groups is 4. The highest BCUT2D eigenvalue weighted by Gasteiger charge is 2.36. The van der Waals surface area contributed by atoms with E-state index in [9.17, 15) is 24.3 Å². The quantitative estimate of drug-likeness (QED) is 0.125. The zero-order chi connectivity index (χ0) is 40.0. The molecule has 0 aliphatic heterocycles. The number of nitrogens with one attached hydrogen (secondary N) is 4. The van der Waals surface area contributed by atoms with Crippen molar-refractivity contribution in [1.82, 2.24) is 35.8 Å². The molecule has 5 atom stereocenters. The molecule has 300 valence electrons. The molecule has 1 aliphatic rings. The highest BCUT2D eigenvalue weighted by atomic mass is 16.6. The van der Waals surface area contributed by atoms with Crippen molar-refractivity contribution >= 4 is 23.8 Å². The highest BCUT2D eigenvalue weighted by molar-refractivity contribution is 5.91. The van der Waals surface area contributed by atoms with Crippen LogP contribution in [0.1, 0.15) is 89.6 Å². The number of rotatable bonds is 18. The van der Waals surface area contributed by atoms with Gasteiger partial charge in [-0.15, -0.1) is 0 Å². The van der Waals surface area contributed by atoms with Gasteiger partial charge in [-0.1, -0.05) is 57.2 Å². The number of alkyl carbamates (subject to hydrolysis) is 1. The second kappa shape index (κ2) is 20.6. The molecule has 55 heavy (non-hydrogen) atoms. The van der Waals surface area contributed by atoms with Crippen LogP contribution in [0, 0.1) is 11.8 Å². The Balaban J connectivity index is 1.55. The van der Waals surface area contributed by atoms with Crippen LogP contribution in [-0.4, -0.2) is 92.8 Å². The van der Waals surface area contributed by atoms with Crippen LogP contribution in [0.4, 0.5) is 4.79 Å². The zero-order valence-corrected chi connectivity index (χ0v) is 33.0. The predicted octanol–water partition coefficient (Wildman–Crippen LogP) is 4.48. The fourth-order valence-corrected chi connectivity index (χ4v) is 6.92. The largest absolute Gasteiger partial charge is 0.497 e. The number of imidazole rings is 1. The molecule has 4 amide bonds. The third kappa shape index (κ3) is 14.0. The number of amides is 4. The summed E-state index contributed by atoms with van der Waals surface area (Å²) in [5.74, 6) is -0.826. The van der Waals surface area contributed by atoms with Crippen molar-refractivity contribution in [2.45, 2.75) is 122 Å². The Morgan fingerprint density at radius 3 is 2.35 bits per heavy atom. The summed E-state index contributed by atoms with van der Waals surface area (Å²) in [5, 5.41) is 20.4. The number of aromatic nitrogens is 3. The molecule has 4 rings (SSSR count). The Morgan fingerprint density at radius 2 is 1.73 bits per heavy atom. The average molecular weight is 762 g/mol. The molecule has 5 N–H and O–H groups in total. The van der Waals surface area contributed by atoms with Gasteiger partial charge >= 0.3 is 6.09 Å². The molecule has 1 aliphatic carbocycles. The first-order valence-electron chi connectivity index (χ1n) is 19.2. The van der Waals surface area contributed by atoms with Gasteiger partial charge in [0.1, 0.15) is 23.4 Å². The molecule has 0 radical (unpaired) electrons. The SMILES string of the molecule is COc1ccc(C[C@H](NC(=O)OC(C)(C)C)C(=O)N(C)[C@@H](Cc2cnc[nH]2)C(=O)N[C@@H](CC2CCCCC2)[C@@H](O)C[C@@H](C)C(=O)NCc2ccccn2)cc1. The molecule has 3 aromatic rings. The second-order valence-corrected chi connectivity index (χ2v) is 15.6. The topological polar surface area (TPSA) is 188 Å². The van der Waals surface area contributed by atoms with Crippen molar-refractivity contribution in [2.75, 3.05) is 14.2 Å². The third-order valence-electron chi connectivity index (χ3n) is 9.99. The van der Waals surface area contributed by atoms with E-state index in [1.165, 1.54) is 18.3 Å². The number of nitrogens with zero attached hydrogens (tertiary/aromatic N) is 3. The van der Waals surface area contributed by atoms with Gasteiger partial charge in [0.2, 0.25) is 17.7 Å². The Bertz CT molecular complexity index is 1640. The summed E-state index contributed by atoms with van der Waals surface area (Å²) < 4.78 is 10.8. The van der Waals surface area contributed by atoms with Crippen molar-refractivity contribution in [3.8, 4) is 5.75 Å². The smallest absolute Gasteiger partial charge is 0.408 e. The zero-order valence-electron chi connectivity index (χ0n) is 33.0. The second-order valence-electron chi connectivity index (χ2n) is 15.6. The molecular weight excluding hydrogens is 702 g/mol.